The fourth-order valence-corrected chi connectivity index (χ4v) is 22.5. The zero-order valence-corrected chi connectivity index (χ0v) is 92.6. The van der Waals surface area contributed by atoms with Gasteiger partial charge in [-0.2, -0.15) is 0 Å². The maximum atomic E-state index is 5.70. The van der Waals surface area contributed by atoms with E-state index in [0.717, 1.165) is 155 Å². The number of rotatable bonds is 14. The van der Waals surface area contributed by atoms with Gasteiger partial charge in [0.2, 0.25) is 0 Å². The molecule has 0 amide bonds. The number of unbranched alkanes of at least 4 members (excludes halogenated alkanes) is 6. The Morgan fingerprint density at radius 1 is 0.320 bits per heavy atom. The van der Waals surface area contributed by atoms with Crippen LogP contribution in [0.5, 0.6) is 0 Å². The zero-order chi connectivity index (χ0) is 88.3. The molecule has 0 N–H and O–H groups in total. The first-order valence-electron chi connectivity index (χ1n) is 50.0. The number of ether oxygens (including phenoxy) is 1. The molecule has 22 atom stereocenters. The molecular weight excluding hydrogens is 1760 g/mol. The number of halogens is 4. The Morgan fingerprint density at radius 3 is 0.928 bits per heavy atom. The van der Waals surface area contributed by atoms with E-state index in [1.807, 2.05) is 0 Å². The summed E-state index contributed by atoms with van der Waals surface area (Å²) in [6, 6.07) is 0. The number of hydrogen-bond donors (Lipinski definition) is 0. The Kier molecular flexibility index (Phi) is 62.0. The molecule has 17 aliphatic carbocycles. The van der Waals surface area contributed by atoms with Crippen LogP contribution in [0.25, 0.3) is 0 Å². The molecule has 0 aromatic heterocycles. The minimum atomic E-state index is -0.826. The topological polar surface area (TPSA) is 9.23 Å². The van der Waals surface area contributed by atoms with Gasteiger partial charge in [-0.1, -0.05) is 446 Å². The van der Waals surface area contributed by atoms with Crippen molar-refractivity contribution < 1.29 is 46.4 Å². The average molecular weight is 1950 g/mol. The molecule has 0 aliphatic heterocycles. The predicted octanol–water partition coefficient (Wildman–Crippen LogP) is 38.6. The second-order valence-corrected chi connectivity index (χ2v) is 50.0. The Balaban J connectivity index is 0.000000479. The van der Waals surface area contributed by atoms with Crippen molar-refractivity contribution in [2.75, 3.05) is 6.61 Å². The second-order valence-electron chi connectivity index (χ2n) is 42.5. The van der Waals surface area contributed by atoms with E-state index in [-0.39, 0.29) is 46.1 Å². The van der Waals surface area contributed by atoms with Crippen LogP contribution in [0.15, 0.2) is 217 Å². The van der Waals surface area contributed by atoms with Crippen LogP contribution < -0.4 is 0 Å². The first-order chi connectivity index (χ1) is 58.1. The Labute approximate surface area is 815 Å². The van der Waals surface area contributed by atoms with E-state index in [9.17, 15) is 0 Å². The number of fused-ring (bicyclic) bond motifs is 13. The van der Waals surface area contributed by atoms with Gasteiger partial charge >= 0.3 is 75.7 Å². The van der Waals surface area contributed by atoms with E-state index in [4.69, 9.17) is 38.8 Å². The van der Waals surface area contributed by atoms with Crippen molar-refractivity contribution in [3.8, 4) is 0 Å². The summed E-state index contributed by atoms with van der Waals surface area (Å²) in [4.78, 5) is 0. The molecule has 1 nitrogen and oxygen atoms in total. The molecular formula is C118H190Cl4OZr2. The third-order valence-corrected chi connectivity index (χ3v) is 29.5. The molecule has 0 saturated heterocycles. The van der Waals surface area contributed by atoms with Crippen molar-refractivity contribution in [3.05, 3.63) is 247 Å². The summed E-state index contributed by atoms with van der Waals surface area (Å²) in [5.41, 5.74) is 5.24. The summed E-state index contributed by atoms with van der Waals surface area (Å²) in [6.45, 7) is 46.2. The first-order valence-corrected chi connectivity index (χ1v) is 62.6. The van der Waals surface area contributed by atoms with Crippen molar-refractivity contribution in [3.63, 3.8) is 0 Å². The third-order valence-electron chi connectivity index (χ3n) is 29.5. The van der Waals surface area contributed by atoms with Gasteiger partial charge < -0.3 is 34.4 Å². The average Bonchev–Trinajstić information content (AvgIpc) is 1.61. The Bertz CT molecular complexity index is 3230. The van der Waals surface area contributed by atoms with E-state index >= 15 is 0 Å². The molecule has 0 spiro atoms. The summed E-state index contributed by atoms with van der Waals surface area (Å²) in [6.07, 6.45) is 118. The molecule has 22 unspecified atom stereocenters. The van der Waals surface area contributed by atoms with Crippen LogP contribution in [-0.2, 0) is 46.4 Å². The second kappa shape index (κ2) is 65.0. The van der Waals surface area contributed by atoms with Crippen molar-refractivity contribution in [2.45, 2.75) is 330 Å². The van der Waals surface area contributed by atoms with Crippen LogP contribution in [-0.4, -0.2) is 12.2 Å². The van der Waals surface area contributed by atoms with E-state index < -0.39 is 41.7 Å². The van der Waals surface area contributed by atoms with Crippen molar-refractivity contribution >= 4 is 34.1 Å². The van der Waals surface area contributed by atoms with E-state index in [1.165, 1.54) is 197 Å². The van der Waals surface area contributed by atoms with Crippen LogP contribution in [0.1, 0.15) is 325 Å². The molecule has 8 fully saturated rings. The molecule has 0 radical (unpaired) electrons. The molecule has 17 aliphatic rings. The predicted molar refractivity (Wildman–Crippen MR) is 559 cm³/mol. The van der Waals surface area contributed by atoms with Crippen molar-refractivity contribution in [1.29, 1.82) is 0 Å². The Hall–Kier alpha value is -1.79. The van der Waals surface area contributed by atoms with Gasteiger partial charge in [-0.15, -0.1) is 0 Å². The third kappa shape index (κ3) is 41.9. The summed E-state index contributed by atoms with van der Waals surface area (Å²) >= 11 is -1.65. The van der Waals surface area contributed by atoms with Crippen LogP contribution >= 0.6 is 34.1 Å². The molecule has 8 saturated carbocycles. The molecule has 0 bridgehead atoms. The molecule has 0 aromatic carbocycles. The van der Waals surface area contributed by atoms with Crippen LogP contribution in [0, 0.1) is 188 Å². The molecule has 0 aromatic rings. The van der Waals surface area contributed by atoms with Crippen LogP contribution in [0.2, 0.25) is 0 Å². The number of allylic oxidation sites excluding steroid dienone is 36. The first kappa shape index (κ1) is 119. The van der Waals surface area contributed by atoms with Crippen LogP contribution in [0.4, 0.5) is 0 Å². The van der Waals surface area contributed by atoms with Gasteiger partial charge in [0.05, 0.1) is 5.60 Å². The fraction of sp³-hybridized carbons (Fsp3) is 0.661. The molecule has 7 heteroatoms. The summed E-state index contributed by atoms with van der Waals surface area (Å²) < 4.78 is 5.70. The molecule has 17 rings (SSSR count). The van der Waals surface area contributed by atoms with Crippen molar-refractivity contribution in [1.82, 2.24) is 0 Å². The summed E-state index contributed by atoms with van der Waals surface area (Å²) in [5.74, 6) is 21.1. The quantitative estimate of drug-likeness (QED) is 0.124. The fourth-order valence-electron chi connectivity index (χ4n) is 22.5. The minimum absolute atomic E-state index is 0. The van der Waals surface area contributed by atoms with Crippen LogP contribution in [0.3, 0.4) is 0 Å². The molecule has 704 valence electrons. The van der Waals surface area contributed by atoms with Gasteiger partial charge in [-0.25, -0.2) is 0 Å². The Morgan fingerprint density at radius 2 is 0.608 bits per heavy atom. The maximum absolute atomic E-state index is 5.70. The van der Waals surface area contributed by atoms with Crippen molar-refractivity contribution in [2.24, 2.45) is 159 Å². The molecule has 125 heavy (non-hydrogen) atoms. The number of hydrogen-bond acceptors (Lipinski definition) is 1. The normalized spacial score (nSPS) is 32.0. The van der Waals surface area contributed by atoms with Gasteiger partial charge in [0.25, 0.3) is 0 Å². The van der Waals surface area contributed by atoms with E-state index in [2.05, 4.69) is 339 Å². The molecule has 0 heterocycles. The summed E-state index contributed by atoms with van der Waals surface area (Å²) in [7, 11) is 19.7. The SMILES string of the molecule is C1=CC2CC3C=CC=CC3C2C=C1.C1=CC2CC3C=CC=CC3C2C=C1.CC(C)(C)C1=CC2CC3C=C(C(C)(C)C)C=CC3C2C=C1.CC(C)(C)OCCCCCC1CCCC1.CC1CC(C)C(C)C1C.CC1CC2C=CC=CC2C1.CCC.CCC.CCCCC1CCCC1.CCCCCCC1=CC2CC3C=CC=CC3C2C=C1.[CH3-].[CH3-].[CH3-].[CH3-].[Cl][Zr+2][Cl].[Cl][Zr+2][Cl]. The van der Waals surface area contributed by atoms with Gasteiger partial charge in [-0.05, 0) is 255 Å². The van der Waals surface area contributed by atoms with E-state index in [0.29, 0.717) is 0 Å². The monoisotopic (exact) mass is 1940 g/mol. The van der Waals surface area contributed by atoms with E-state index in [1.54, 1.807) is 5.57 Å². The standard InChI is InChI=1S/C21H30.C19H26.C14H28O.2C13H14.C10H14.2C9H18.2C3H8.4CH3.4ClH.2Zr/c1-20(2,3)16-7-9-18-14(12-16)11-15-13-17(21(4,5)6)8-10-19(15)18;1-2-3-4-5-8-15-11-12-19-17(13-15)14-16-9-6-7-10-18(16)19;1-14(2,3)15-12-8-4-5-9-13-10-6-7-11-13;2*1-3-7-12-10(5-1)9-11-6-2-4-8-13(11)12;1-8-6-9-4-2-3-5-10(9)7-8;1-6-5-7(2)9(4)8(6)3;1-2-3-6-9-7-4-5-8-9;2*1-3-2;;;;;;;;;;/h7-10,12-15,18-19H,11H2,1-6H3;6-7,9-13,16-19H,2-5,8,14H2,1H3;13H,4-12H2,1-3H3;2*1-8,10-13H,9H2;2-5,8-10H,6-7H2,1H3;6-9H,5H2,1-4H3;9H,2-8H2,1H3;2*3H2,1-2H3;4*1H3;4*1H;;/q;;;;;;;;;;4*-1;;;;;2*+4/p-4. The van der Waals surface area contributed by atoms with Gasteiger partial charge in [0.15, 0.2) is 0 Å². The van der Waals surface area contributed by atoms with Gasteiger partial charge in [0, 0.05) is 6.61 Å². The summed E-state index contributed by atoms with van der Waals surface area (Å²) in [5, 5.41) is 0. The van der Waals surface area contributed by atoms with Gasteiger partial charge in [-0.3, -0.25) is 0 Å². The van der Waals surface area contributed by atoms with Gasteiger partial charge in [0.1, 0.15) is 0 Å². The zero-order valence-electron chi connectivity index (χ0n) is 84.6.